The van der Waals surface area contributed by atoms with E-state index in [9.17, 15) is 0 Å². The van der Waals surface area contributed by atoms with Gasteiger partial charge < -0.3 is 9.47 Å². The summed E-state index contributed by atoms with van der Waals surface area (Å²) >= 11 is 0. The molecule has 3 rings (SSSR count). The molecule has 0 fully saturated rings. The van der Waals surface area contributed by atoms with Crippen LogP contribution in [0.3, 0.4) is 0 Å². The molecule has 0 bridgehead atoms. The maximum atomic E-state index is 5.88. The fourth-order valence-corrected chi connectivity index (χ4v) is 3.47. The fourth-order valence-electron chi connectivity index (χ4n) is 3.47. The van der Waals surface area contributed by atoms with Crippen molar-refractivity contribution >= 4 is 21.7 Å². The molecule has 0 saturated heterocycles. The van der Waals surface area contributed by atoms with Crippen LogP contribution >= 0.6 is 0 Å². The van der Waals surface area contributed by atoms with E-state index in [4.69, 9.17) is 14.5 Å². The average Bonchev–Trinajstić information content (AvgIpc) is 2.73. The van der Waals surface area contributed by atoms with Gasteiger partial charge in [0, 0.05) is 11.5 Å². The second-order valence-corrected chi connectivity index (χ2v) is 7.48. The third-order valence-electron chi connectivity index (χ3n) is 5.15. The van der Waals surface area contributed by atoms with Gasteiger partial charge in [-0.1, -0.05) is 64.5 Å². The normalized spacial score (nSPS) is 11.2. The summed E-state index contributed by atoms with van der Waals surface area (Å²) in [6.07, 6.45) is 9.84. The van der Waals surface area contributed by atoms with Gasteiger partial charge in [-0.25, -0.2) is 4.98 Å². The Kier molecular flexibility index (Phi) is 7.95. The van der Waals surface area contributed by atoms with Crippen LogP contribution in [0.15, 0.2) is 42.5 Å². The van der Waals surface area contributed by atoms with E-state index in [1.807, 2.05) is 6.07 Å². The molecule has 150 valence electrons. The van der Waals surface area contributed by atoms with Gasteiger partial charge in [-0.2, -0.15) is 0 Å². The Morgan fingerprint density at radius 2 is 1.43 bits per heavy atom. The highest BCUT2D eigenvalue weighted by Gasteiger charge is 2.05. The number of ether oxygens (including phenoxy) is 2. The summed E-state index contributed by atoms with van der Waals surface area (Å²) < 4.78 is 11.7. The largest absolute Gasteiger partial charge is 0.494 e. The summed E-state index contributed by atoms with van der Waals surface area (Å²) in [5.41, 5.74) is 0.979. The van der Waals surface area contributed by atoms with E-state index in [0.717, 1.165) is 55.0 Å². The molecular formula is C25H33NO2. The van der Waals surface area contributed by atoms with Crippen molar-refractivity contribution in [3.63, 3.8) is 0 Å². The van der Waals surface area contributed by atoms with Gasteiger partial charge in [-0.15, -0.1) is 0 Å². The lowest BCUT2D eigenvalue weighted by molar-refractivity contribution is 0.294. The third kappa shape index (κ3) is 5.60. The van der Waals surface area contributed by atoms with Gasteiger partial charge in [-0.3, -0.25) is 0 Å². The van der Waals surface area contributed by atoms with Crippen molar-refractivity contribution in [2.45, 2.75) is 65.2 Å². The summed E-state index contributed by atoms with van der Waals surface area (Å²) in [5, 5.41) is 3.55. The van der Waals surface area contributed by atoms with E-state index in [0.29, 0.717) is 0 Å². The molecule has 0 amide bonds. The molecule has 2 aromatic carbocycles. The molecule has 0 radical (unpaired) electrons. The quantitative estimate of drug-likeness (QED) is 0.244. The van der Waals surface area contributed by atoms with Crippen LogP contribution in [0.4, 0.5) is 0 Å². The Labute approximate surface area is 169 Å². The first-order valence-electron chi connectivity index (χ1n) is 10.9. The minimum absolute atomic E-state index is 0.722. The molecular weight excluding hydrogens is 346 g/mol. The Bertz CT molecular complexity index is 875. The zero-order valence-corrected chi connectivity index (χ0v) is 17.4. The minimum Gasteiger partial charge on any atom is -0.494 e. The standard InChI is InChI=1S/C25H33NO2/c1-3-5-7-8-9-10-18-28-25-16-14-23-22-13-12-21(27-17-6-4-2)19-20(22)11-15-24(23)26-25/h11-16,19H,3-10,17-18H2,1-2H3. The molecule has 0 unspecified atom stereocenters. The predicted molar refractivity (Wildman–Crippen MR) is 119 cm³/mol. The lowest BCUT2D eigenvalue weighted by Crippen LogP contribution is -1.99. The van der Waals surface area contributed by atoms with Crippen molar-refractivity contribution < 1.29 is 9.47 Å². The van der Waals surface area contributed by atoms with Crippen LogP contribution in [-0.2, 0) is 0 Å². The van der Waals surface area contributed by atoms with Crippen LogP contribution < -0.4 is 9.47 Å². The molecule has 0 saturated carbocycles. The van der Waals surface area contributed by atoms with E-state index < -0.39 is 0 Å². The molecule has 0 aliphatic carbocycles. The summed E-state index contributed by atoms with van der Waals surface area (Å²) in [6, 6.07) is 14.6. The van der Waals surface area contributed by atoms with Gasteiger partial charge in [0.1, 0.15) is 5.75 Å². The number of aromatic nitrogens is 1. The van der Waals surface area contributed by atoms with E-state index in [2.05, 4.69) is 50.2 Å². The Morgan fingerprint density at radius 1 is 0.679 bits per heavy atom. The second kappa shape index (κ2) is 10.9. The topological polar surface area (TPSA) is 31.4 Å². The van der Waals surface area contributed by atoms with Crippen molar-refractivity contribution in [3.05, 3.63) is 42.5 Å². The van der Waals surface area contributed by atoms with Gasteiger partial charge >= 0.3 is 0 Å². The lowest BCUT2D eigenvalue weighted by atomic mass is 10.0. The highest BCUT2D eigenvalue weighted by atomic mass is 16.5. The SMILES string of the molecule is CCCCCCCCOc1ccc2c(ccc3cc(OCCCC)ccc32)n1. The number of hydrogen-bond acceptors (Lipinski definition) is 3. The first kappa shape index (κ1) is 20.4. The molecule has 0 atom stereocenters. The molecule has 3 heteroatoms. The van der Waals surface area contributed by atoms with Crippen molar-refractivity contribution in [2.75, 3.05) is 13.2 Å². The molecule has 1 aromatic heterocycles. The van der Waals surface area contributed by atoms with Crippen LogP contribution in [0.25, 0.3) is 21.7 Å². The number of nitrogens with zero attached hydrogens (tertiary/aromatic N) is 1. The lowest BCUT2D eigenvalue weighted by Gasteiger charge is -2.10. The van der Waals surface area contributed by atoms with Crippen LogP contribution in [0.1, 0.15) is 65.2 Å². The van der Waals surface area contributed by atoms with E-state index in [-0.39, 0.29) is 0 Å². The fraction of sp³-hybridized carbons (Fsp3) is 0.480. The summed E-state index contributed by atoms with van der Waals surface area (Å²) in [5.74, 6) is 1.66. The first-order chi connectivity index (χ1) is 13.8. The van der Waals surface area contributed by atoms with Crippen molar-refractivity contribution in [2.24, 2.45) is 0 Å². The van der Waals surface area contributed by atoms with E-state index in [1.54, 1.807) is 0 Å². The Morgan fingerprint density at radius 3 is 2.29 bits per heavy atom. The minimum atomic E-state index is 0.722. The molecule has 0 aliphatic rings. The Balaban J connectivity index is 1.62. The van der Waals surface area contributed by atoms with Crippen molar-refractivity contribution in [3.8, 4) is 11.6 Å². The number of benzene rings is 2. The Hall–Kier alpha value is -2.29. The van der Waals surface area contributed by atoms with Gasteiger partial charge in [-0.05, 0) is 47.9 Å². The van der Waals surface area contributed by atoms with Gasteiger partial charge in [0.05, 0.1) is 18.7 Å². The van der Waals surface area contributed by atoms with Crippen LogP contribution in [0, 0.1) is 0 Å². The number of hydrogen-bond donors (Lipinski definition) is 0. The van der Waals surface area contributed by atoms with Gasteiger partial charge in [0.25, 0.3) is 0 Å². The average molecular weight is 380 g/mol. The molecule has 0 N–H and O–H groups in total. The molecule has 3 aromatic rings. The maximum Gasteiger partial charge on any atom is 0.213 e. The first-order valence-corrected chi connectivity index (χ1v) is 10.9. The monoisotopic (exact) mass is 379 g/mol. The van der Waals surface area contributed by atoms with Gasteiger partial charge in [0.15, 0.2) is 0 Å². The van der Waals surface area contributed by atoms with E-state index in [1.165, 1.54) is 42.9 Å². The summed E-state index contributed by atoms with van der Waals surface area (Å²) in [7, 11) is 0. The van der Waals surface area contributed by atoms with Crippen molar-refractivity contribution in [1.29, 1.82) is 0 Å². The predicted octanol–water partition coefficient (Wildman–Crippen LogP) is 7.31. The smallest absolute Gasteiger partial charge is 0.213 e. The highest BCUT2D eigenvalue weighted by Crippen LogP contribution is 2.29. The highest BCUT2D eigenvalue weighted by molar-refractivity contribution is 6.06. The van der Waals surface area contributed by atoms with Crippen LogP contribution in [0.5, 0.6) is 11.6 Å². The second-order valence-electron chi connectivity index (χ2n) is 7.48. The third-order valence-corrected chi connectivity index (χ3v) is 5.15. The molecule has 0 aliphatic heterocycles. The number of fused-ring (bicyclic) bond motifs is 3. The molecule has 28 heavy (non-hydrogen) atoms. The maximum absolute atomic E-state index is 5.88. The number of pyridine rings is 1. The molecule has 1 heterocycles. The number of unbranched alkanes of at least 4 members (excludes halogenated alkanes) is 6. The van der Waals surface area contributed by atoms with Crippen molar-refractivity contribution in [1.82, 2.24) is 4.98 Å². The van der Waals surface area contributed by atoms with Gasteiger partial charge in [0.2, 0.25) is 5.88 Å². The summed E-state index contributed by atoms with van der Waals surface area (Å²) in [6.45, 7) is 5.94. The zero-order valence-electron chi connectivity index (χ0n) is 17.4. The number of rotatable bonds is 12. The van der Waals surface area contributed by atoms with E-state index >= 15 is 0 Å². The molecule has 3 nitrogen and oxygen atoms in total. The zero-order chi connectivity index (χ0) is 19.6. The summed E-state index contributed by atoms with van der Waals surface area (Å²) in [4.78, 5) is 4.70. The van der Waals surface area contributed by atoms with Crippen LogP contribution in [0.2, 0.25) is 0 Å². The molecule has 0 spiro atoms. The van der Waals surface area contributed by atoms with Crippen LogP contribution in [-0.4, -0.2) is 18.2 Å².